The highest BCUT2D eigenvalue weighted by Gasteiger charge is 2.21. The van der Waals surface area contributed by atoms with Crippen LogP contribution in [0.5, 0.6) is 0 Å². The van der Waals surface area contributed by atoms with Gasteiger partial charge in [0.25, 0.3) is 0 Å². The van der Waals surface area contributed by atoms with Gasteiger partial charge in [0, 0.05) is 44.1 Å². The third kappa shape index (κ3) is 5.31. The zero-order valence-corrected chi connectivity index (χ0v) is 16.7. The smallest absolute Gasteiger partial charge is 0.227 e. The van der Waals surface area contributed by atoms with Crippen LogP contribution < -0.4 is 15.5 Å². The Morgan fingerprint density at radius 1 is 1.21 bits per heavy atom. The van der Waals surface area contributed by atoms with Crippen LogP contribution in [0, 0.1) is 6.92 Å². The summed E-state index contributed by atoms with van der Waals surface area (Å²) in [5.41, 5.74) is 4.61. The maximum absolute atomic E-state index is 11.9. The monoisotopic (exact) mass is 379 g/mol. The van der Waals surface area contributed by atoms with Crippen LogP contribution in [0.15, 0.2) is 47.7 Å². The number of guanidine groups is 1. The molecule has 0 spiro atoms. The molecule has 6 heteroatoms. The van der Waals surface area contributed by atoms with Crippen LogP contribution in [-0.2, 0) is 17.8 Å². The lowest BCUT2D eigenvalue weighted by Crippen LogP contribution is -2.38. The Hall–Kier alpha value is -2.89. The number of nitrogens with zero attached hydrogens (tertiary/aromatic N) is 3. The van der Waals surface area contributed by atoms with E-state index in [9.17, 15) is 4.79 Å². The number of pyridine rings is 1. The van der Waals surface area contributed by atoms with Crippen molar-refractivity contribution in [2.24, 2.45) is 4.99 Å². The van der Waals surface area contributed by atoms with Crippen LogP contribution in [-0.4, -0.2) is 36.5 Å². The van der Waals surface area contributed by atoms with E-state index in [1.165, 1.54) is 11.1 Å². The van der Waals surface area contributed by atoms with Crippen molar-refractivity contribution in [2.45, 2.75) is 39.7 Å². The summed E-state index contributed by atoms with van der Waals surface area (Å²) < 4.78 is 0. The average molecular weight is 380 g/mol. The van der Waals surface area contributed by atoms with Gasteiger partial charge in [-0.05, 0) is 61.6 Å². The average Bonchev–Trinajstić information content (AvgIpc) is 3.14. The number of hydrogen-bond acceptors (Lipinski definition) is 3. The van der Waals surface area contributed by atoms with E-state index < -0.39 is 0 Å². The Morgan fingerprint density at radius 2 is 2.04 bits per heavy atom. The molecule has 1 fully saturated rings. The van der Waals surface area contributed by atoms with Crippen molar-refractivity contribution in [1.29, 1.82) is 0 Å². The Balaban J connectivity index is 1.54. The summed E-state index contributed by atoms with van der Waals surface area (Å²) >= 11 is 0. The van der Waals surface area contributed by atoms with Gasteiger partial charge in [-0.3, -0.25) is 9.78 Å². The molecule has 0 saturated carbocycles. The number of aryl methyl sites for hydroxylation is 1. The molecule has 6 nitrogen and oxygen atoms in total. The number of benzene rings is 1. The molecule has 1 aliphatic rings. The quantitative estimate of drug-likeness (QED) is 0.573. The molecule has 3 rings (SSSR count). The van der Waals surface area contributed by atoms with Gasteiger partial charge in [-0.25, -0.2) is 4.99 Å². The van der Waals surface area contributed by atoms with Crippen molar-refractivity contribution < 1.29 is 4.79 Å². The van der Waals surface area contributed by atoms with Gasteiger partial charge in [0.15, 0.2) is 5.96 Å². The molecule has 0 unspecified atom stereocenters. The van der Waals surface area contributed by atoms with Gasteiger partial charge < -0.3 is 15.5 Å². The van der Waals surface area contributed by atoms with Crippen LogP contribution >= 0.6 is 0 Å². The zero-order chi connectivity index (χ0) is 19.8. The molecule has 0 aliphatic carbocycles. The number of nitrogens with one attached hydrogen (secondary N) is 2. The minimum absolute atomic E-state index is 0.217. The van der Waals surface area contributed by atoms with Crippen LogP contribution in [0.25, 0.3) is 0 Å². The minimum atomic E-state index is 0.217. The number of rotatable bonds is 7. The molecule has 148 valence electrons. The summed E-state index contributed by atoms with van der Waals surface area (Å²) in [6.45, 7) is 7.19. The van der Waals surface area contributed by atoms with Gasteiger partial charge in [0.05, 0.1) is 6.54 Å². The Morgan fingerprint density at radius 3 is 2.71 bits per heavy atom. The number of aliphatic imine (C=N–C) groups is 1. The molecular formula is C22H29N5O. The van der Waals surface area contributed by atoms with Crippen molar-refractivity contribution in [1.82, 2.24) is 15.6 Å². The molecule has 1 amide bonds. The second kappa shape index (κ2) is 9.88. The fraction of sp³-hybridized carbons (Fsp3) is 0.409. The molecule has 0 radical (unpaired) electrons. The first-order valence-corrected chi connectivity index (χ1v) is 9.98. The molecule has 2 aromatic rings. The molecular weight excluding hydrogens is 350 g/mol. The molecule has 1 aromatic heterocycles. The van der Waals surface area contributed by atoms with Crippen molar-refractivity contribution in [3.63, 3.8) is 0 Å². The van der Waals surface area contributed by atoms with E-state index in [1.807, 2.05) is 41.6 Å². The summed E-state index contributed by atoms with van der Waals surface area (Å²) in [7, 11) is 0. The maximum Gasteiger partial charge on any atom is 0.227 e. The Bertz CT molecular complexity index is 816. The van der Waals surface area contributed by atoms with Crippen molar-refractivity contribution in [2.75, 3.05) is 24.5 Å². The molecule has 1 aromatic carbocycles. The first-order chi connectivity index (χ1) is 13.7. The van der Waals surface area contributed by atoms with E-state index in [-0.39, 0.29) is 5.91 Å². The first kappa shape index (κ1) is 19.9. The lowest BCUT2D eigenvalue weighted by molar-refractivity contribution is -0.117. The third-order valence-corrected chi connectivity index (χ3v) is 4.91. The Kier molecular flexibility index (Phi) is 7.00. The molecule has 0 atom stereocenters. The molecule has 28 heavy (non-hydrogen) atoms. The fourth-order valence-electron chi connectivity index (χ4n) is 3.31. The first-order valence-electron chi connectivity index (χ1n) is 9.98. The van der Waals surface area contributed by atoms with Gasteiger partial charge in [0.2, 0.25) is 5.91 Å². The van der Waals surface area contributed by atoms with Crippen LogP contribution in [0.4, 0.5) is 5.69 Å². The zero-order valence-electron chi connectivity index (χ0n) is 16.7. The number of amides is 1. The normalized spacial score (nSPS) is 14.4. The van der Waals surface area contributed by atoms with E-state index in [0.717, 1.165) is 49.7 Å². The second-order valence-electron chi connectivity index (χ2n) is 6.99. The largest absolute Gasteiger partial charge is 0.357 e. The van der Waals surface area contributed by atoms with Gasteiger partial charge >= 0.3 is 0 Å². The third-order valence-electron chi connectivity index (χ3n) is 4.91. The van der Waals surface area contributed by atoms with E-state index in [0.29, 0.717) is 13.0 Å². The number of anilines is 1. The molecule has 2 N–H and O–H groups in total. The lowest BCUT2D eigenvalue weighted by atomic mass is 10.1. The Labute approximate surface area is 167 Å². The molecule has 0 bridgehead atoms. The van der Waals surface area contributed by atoms with Gasteiger partial charge in [-0.2, -0.15) is 0 Å². The summed E-state index contributed by atoms with van der Waals surface area (Å²) in [5, 5.41) is 6.68. The van der Waals surface area contributed by atoms with Crippen molar-refractivity contribution in [3.8, 4) is 0 Å². The second-order valence-corrected chi connectivity index (χ2v) is 6.99. The molecule has 1 saturated heterocycles. The number of carbonyl (C=O) groups excluding carboxylic acids is 1. The highest BCUT2D eigenvalue weighted by atomic mass is 16.2. The molecule has 1 aliphatic heterocycles. The molecule has 2 heterocycles. The number of hydrogen-bond donors (Lipinski definition) is 2. The predicted octanol–water partition coefficient (Wildman–Crippen LogP) is 2.81. The fourth-order valence-corrected chi connectivity index (χ4v) is 3.31. The van der Waals surface area contributed by atoms with Gasteiger partial charge in [-0.1, -0.05) is 12.1 Å². The summed E-state index contributed by atoms with van der Waals surface area (Å²) in [5.74, 6) is 1.03. The summed E-state index contributed by atoms with van der Waals surface area (Å²) in [6.07, 6.45) is 6.26. The SMILES string of the molecule is CCNC(=NCc1ccc(N2CCCC2=O)cc1)NCCc1ccncc1C. The van der Waals surface area contributed by atoms with Crippen LogP contribution in [0.3, 0.4) is 0 Å². The van der Waals surface area contributed by atoms with Crippen LogP contribution in [0.1, 0.15) is 36.5 Å². The van der Waals surface area contributed by atoms with Crippen LogP contribution in [0.2, 0.25) is 0 Å². The van der Waals surface area contributed by atoms with E-state index in [4.69, 9.17) is 0 Å². The highest BCUT2D eigenvalue weighted by molar-refractivity contribution is 5.95. The van der Waals surface area contributed by atoms with Gasteiger partial charge in [0.1, 0.15) is 0 Å². The topological polar surface area (TPSA) is 69.6 Å². The number of carbonyl (C=O) groups is 1. The summed E-state index contributed by atoms with van der Waals surface area (Å²) in [6, 6.07) is 10.2. The summed E-state index contributed by atoms with van der Waals surface area (Å²) in [4.78, 5) is 22.5. The minimum Gasteiger partial charge on any atom is -0.357 e. The van der Waals surface area contributed by atoms with E-state index in [2.05, 4.69) is 40.5 Å². The van der Waals surface area contributed by atoms with Crippen molar-refractivity contribution in [3.05, 3.63) is 59.4 Å². The predicted molar refractivity (Wildman–Crippen MR) is 114 cm³/mol. The number of aromatic nitrogens is 1. The lowest BCUT2D eigenvalue weighted by Gasteiger charge is -2.16. The van der Waals surface area contributed by atoms with Gasteiger partial charge in [-0.15, -0.1) is 0 Å². The maximum atomic E-state index is 11.9. The van der Waals surface area contributed by atoms with E-state index in [1.54, 1.807) is 0 Å². The van der Waals surface area contributed by atoms with Crippen molar-refractivity contribution >= 4 is 17.6 Å². The van der Waals surface area contributed by atoms with E-state index >= 15 is 0 Å². The highest BCUT2D eigenvalue weighted by Crippen LogP contribution is 2.21. The standard InChI is InChI=1S/C22H29N5O/c1-3-24-22(25-13-11-19-10-12-23-15-17(19)2)26-16-18-6-8-20(9-7-18)27-14-4-5-21(27)28/h6-10,12,15H,3-5,11,13-14,16H2,1-2H3,(H2,24,25,26).